The SMILES string of the molecule is CP1(OCC(F)(F)CCOC(F)(F)F)=NP(OCCF)(OCCF)=NP(OCC(F)(F)CCOC(F)(F)F)(OCC(F)(F)CCOC(F)(F)F)=N1.FCCOC(F)(F)F.FCCOC(F)(F)F. The molecular weight excluding hydrogens is 1080 g/mol. The molecule has 0 bridgehead atoms. The van der Waals surface area contributed by atoms with Crippen molar-refractivity contribution in [3.8, 4) is 0 Å². The third-order valence-corrected chi connectivity index (χ3v) is 14.6. The summed E-state index contributed by atoms with van der Waals surface area (Å²) in [6, 6.07) is 0. The summed E-state index contributed by atoms with van der Waals surface area (Å²) >= 11 is 0. The Kier molecular flexibility index (Phi) is 29.4. The Morgan fingerprint density at radius 3 is 0.821 bits per heavy atom. The Balaban J connectivity index is 0. The maximum absolute atomic E-state index is 14.6. The molecule has 13 nitrogen and oxygen atoms in total. The van der Waals surface area contributed by atoms with E-state index in [4.69, 9.17) is 22.6 Å². The van der Waals surface area contributed by atoms with Crippen molar-refractivity contribution in [2.24, 2.45) is 13.5 Å². The van der Waals surface area contributed by atoms with Gasteiger partial charge < -0.3 is 13.6 Å². The van der Waals surface area contributed by atoms with Gasteiger partial charge in [-0.05, 0) is 0 Å². The average Bonchev–Trinajstić information content (AvgIpc) is 3.14. The molecule has 406 valence electrons. The highest BCUT2D eigenvalue weighted by Gasteiger charge is 2.46. The predicted octanol–water partition coefficient (Wildman–Crippen LogP) is 13.2. The van der Waals surface area contributed by atoms with Gasteiger partial charge in [0, 0.05) is 25.9 Å². The van der Waals surface area contributed by atoms with Crippen molar-refractivity contribution in [1.82, 2.24) is 0 Å². The zero-order valence-electron chi connectivity index (χ0n) is 33.2. The van der Waals surface area contributed by atoms with Crippen molar-refractivity contribution in [3.05, 3.63) is 0 Å². The molecule has 1 heterocycles. The molecule has 1 aliphatic heterocycles. The van der Waals surface area contributed by atoms with Crippen LogP contribution in [0, 0.1) is 0 Å². The van der Waals surface area contributed by atoms with E-state index in [2.05, 4.69) is 37.2 Å². The number of ether oxygens (including phenoxy) is 5. The van der Waals surface area contributed by atoms with E-state index < -0.39 is 184 Å². The van der Waals surface area contributed by atoms with Gasteiger partial charge in [0.15, 0.2) is 0 Å². The normalized spacial score (nSPS) is 18.2. The molecule has 0 radical (unpaired) electrons. The van der Waals surface area contributed by atoms with Crippen molar-refractivity contribution < 1.29 is 156 Å². The standard InChI is InChI=1S/C20H29F17N3O8P3.2C3H4F4O/c1-49(46-12-15(23,24)2-7-41-18(29,30)31)38-50(44-10-5-21,45-11-6-22)40-51(39-49,47-13-16(25,26)3-8-42-19(32,33)34)48-14-17(27,28)4-9-43-20(35,36)37;2*4-1-2-8-3(5,6)7/h2-14H2,1H3;2*1-2H2. The molecule has 1 atom stereocenters. The lowest BCUT2D eigenvalue weighted by molar-refractivity contribution is -0.328. The van der Waals surface area contributed by atoms with Crippen LogP contribution in [0.1, 0.15) is 19.3 Å². The van der Waals surface area contributed by atoms with Gasteiger partial charge >= 0.3 is 47.1 Å². The lowest BCUT2D eigenvalue weighted by Crippen LogP contribution is -2.29. The Hall–Kier alpha value is -1.46. The molecule has 0 saturated heterocycles. The molecule has 0 aromatic heterocycles. The number of rotatable bonds is 28. The fourth-order valence-electron chi connectivity index (χ4n) is 3.30. The molecule has 0 fully saturated rings. The quantitative estimate of drug-likeness (QED) is 0.0551. The van der Waals surface area contributed by atoms with Crippen molar-refractivity contribution in [2.75, 3.05) is 99.4 Å². The van der Waals surface area contributed by atoms with Gasteiger partial charge in [0.1, 0.15) is 46.5 Å². The highest BCUT2D eigenvalue weighted by molar-refractivity contribution is 7.79. The van der Waals surface area contributed by atoms with Gasteiger partial charge in [-0.1, -0.05) is 0 Å². The summed E-state index contributed by atoms with van der Waals surface area (Å²) in [6.45, 7) is -19.8. The molecule has 0 spiro atoms. The summed E-state index contributed by atoms with van der Waals surface area (Å²) in [5, 5.41) is 0. The van der Waals surface area contributed by atoms with E-state index in [-0.39, 0.29) is 0 Å². The first kappa shape index (κ1) is 67.6. The van der Waals surface area contributed by atoms with Crippen molar-refractivity contribution in [3.63, 3.8) is 0 Å². The van der Waals surface area contributed by atoms with Gasteiger partial charge in [0.2, 0.25) is 7.43 Å². The molecule has 1 unspecified atom stereocenters. The van der Waals surface area contributed by atoms with Crippen LogP contribution in [0.15, 0.2) is 13.5 Å². The zero-order chi connectivity index (χ0) is 52.7. The second kappa shape index (κ2) is 29.2. The summed E-state index contributed by atoms with van der Waals surface area (Å²) in [5.74, 6) is -13.0. The van der Waals surface area contributed by atoms with Gasteiger partial charge in [0.25, 0.3) is 17.8 Å². The van der Waals surface area contributed by atoms with E-state index in [1.54, 1.807) is 0 Å². The maximum atomic E-state index is 14.6. The Labute approximate surface area is 361 Å². The average molecular weight is 1120 g/mol. The highest BCUT2D eigenvalue weighted by atomic mass is 31.3. The second-order valence-corrected chi connectivity index (χ2v) is 18.7. The molecule has 0 N–H and O–H groups in total. The van der Waals surface area contributed by atoms with E-state index in [9.17, 15) is 110 Å². The summed E-state index contributed by atoms with van der Waals surface area (Å²) in [5.41, 5.74) is 0. The topological polar surface area (TPSA) is 129 Å². The molecule has 0 amide bonds. The van der Waals surface area contributed by atoms with Crippen molar-refractivity contribution >= 4 is 22.8 Å². The zero-order valence-corrected chi connectivity index (χ0v) is 35.9. The van der Waals surface area contributed by atoms with Gasteiger partial charge in [-0.3, -0.25) is 32.7 Å². The van der Waals surface area contributed by atoms with E-state index in [0.717, 1.165) is 0 Å². The third kappa shape index (κ3) is 38.0. The largest absolute Gasteiger partial charge is 0.522 e. The van der Waals surface area contributed by atoms with E-state index in [0.29, 0.717) is 6.66 Å². The monoisotopic (exact) mass is 1120 g/mol. The van der Waals surface area contributed by atoms with Crippen LogP contribution in [0.5, 0.6) is 0 Å². The first-order valence-electron chi connectivity index (χ1n) is 17.1. The summed E-state index contributed by atoms with van der Waals surface area (Å²) < 4.78 is 363. The molecule has 41 heteroatoms. The van der Waals surface area contributed by atoms with Crippen LogP contribution < -0.4 is 0 Å². The van der Waals surface area contributed by atoms with E-state index >= 15 is 0 Å². The van der Waals surface area contributed by atoms with Crippen LogP contribution in [-0.4, -0.2) is 149 Å². The van der Waals surface area contributed by atoms with Gasteiger partial charge in [0.05, 0.1) is 46.2 Å². The Morgan fingerprint density at radius 2 is 0.567 bits per heavy atom. The minimum absolute atomic E-state index is 0.641. The summed E-state index contributed by atoms with van der Waals surface area (Å²) in [6.07, 6.45) is -30.8. The number of alkyl halides is 25. The van der Waals surface area contributed by atoms with Gasteiger partial charge in [-0.2, -0.15) is 9.03 Å². The van der Waals surface area contributed by atoms with Crippen molar-refractivity contribution in [2.45, 2.75) is 68.8 Å². The molecule has 1 aliphatic rings. The molecule has 0 saturated carbocycles. The fraction of sp³-hybridized carbons (Fsp3) is 1.00. The van der Waals surface area contributed by atoms with Crippen LogP contribution in [0.25, 0.3) is 0 Å². The molecule has 1 rings (SSSR count). The summed E-state index contributed by atoms with van der Waals surface area (Å²) in [4.78, 5) is 0. The van der Waals surface area contributed by atoms with Crippen LogP contribution in [-0.2, 0) is 46.3 Å². The lowest BCUT2D eigenvalue weighted by Gasteiger charge is -2.34. The van der Waals surface area contributed by atoms with Crippen LogP contribution >= 0.6 is 22.8 Å². The highest BCUT2D eigenvalue weighted by Crippen LogP contribution is 2.79. The maximum Gasteiger partial charge on any atom is 0.522 e. The predicted molar refractivity (Wildman–Crippen MR) is 176 cm³/mol. The van der Waals surface area contributed by atoms with Crippen LogP contribution in [0.4, 0.5) is 110 Å². The second-order valence-electron chi connectivity index (χ2n) is 11.6. The molecule has 0 aromatic carbocycles. The number of hydrogen-bond donors (Lipinski definition) is 0. The third-order valence-electron chi connectivity index (χ3n) is 5.75. The molecular formula is C26H37F25N3O10P3. The van der Waals surface area contributed by atoms with Gasteiger partial charge in [-0.25, -0.2) is 43.9 Å². The molecule has 67 heavy (non-hydrogen) atoms. The first-order chi connectivity index (χ1) is 30.1. The minimum atomic E-state index is -5.43. The Morgan fingerprint density at radius 1 is 0.313 bits per heavy atom. The lowest BCUT2D eigenvalue weighted by atomic mass is 10.3. The number of nitrogens with zero attached hydrogens (tertiary/aromatic N) is 3. The van der Waals surface area contributed by atoms with E-state index in [1.165, 1.54) is 0 Å². The summed E-state index contributed by atoms with van der Waals surface area (Å²) in [7, 11) is -15.0. The number of halogens is 25. The minimum Gasteiger partial charge on any atom is -0.321 e. The van der Waals surface area contributed by atoms with Crippen LogP contribution in [0.2, 0.25) is 0 Å². The first-order valence-corrected chi connectivity index (χ1v) is 22.2. The molecule has 0 aliphatic carbocycles. The Bertz CT molecular complexity index is 1480. The molecule has 0 aromatic rings. The van der Waals surface area contributed by atoms with Crippen molar-refractivity contribution in [1.29, 1.82) is 0 Å². The fourth-order valence-corrected chi connectivity index (χ4v) is 13.2. The number of hydrogen-bond acceptors (Lipinski definition) is 13. The van der Waals surface area contributed by atoms with Crippen LogP contribution in [0.3, 0.4) is 0 Å². The van der Waals surface area contributed by atoms with E-state index in [1.807, 2.05) is 0 Å². The smallest absolute Gasteiger partial charge is 0.321 e. The van der Waals surface area contributed by atoms with Gasteiger partial charge in [-0.15, -0.1) is 70.4 Å².